The van der Waals surface area contributed by atoms with Crippen LogP contribution in [0, 0.1) is 0 Å². The molecule has 0 spiro atoms. The highest BCUT2D eigenvalue weighted by Gasteiger charge is 2.42. The Morgan fingerprint density at radius 1 is 0.676 bits per heavy atom. The van der Waals surface area contributed by atoms with Gasteiger partial charge in [0.2, 0.25) is 23.6 Å². The van der Waals surface area contributed by atoms with E-state index in [1.54, 1.807) is 23.6 Å². The Labute approximate surface area is 196 Å². The molecule has 34 heavy (non-hydrogen) atoms. The summed E-state index contributed by atoms with van der Waals surface area (Å²) in [4.78, 5) is 38.5. The molecule has 8 heteroatoms. The van der Waals surface area contributed by atoms with Gasteiger partial charge >= 0.3 is 0 Å². The summed E-state index contributed by atoms with van der Waals surface area (Å²) in [5.41, 5.74) is 2.89. The Hall–Kier alpha value is -4.20. The second kappa shape index (κ2) is 8.97. The number of nitrogens with zero attached hydrogens (tertiary/aromatic N) is 4. The second-order valence-electron chi connectivity index (χ2n) is 8.30. The third-order valence-electron chi connectivity index (χ3n) is 6.03. The number of aromatic nitrogens is 2. The van der Waals surface area contributed by atoms with Crippen LogP contribution in [0.5, 0.6) is 0 Å². The summed E-state index contributed by atoms with van der Waals surface area (Å²) in [5, 5.41) is 0. The zero-order chi connectivity index (χ0) is 23.7. The van der Waals surface area contributed by atoms with Crippen molar-refractivity contribution in [1.82, 2.24) is 19.8 Å². The van der Waals surface area contributed by atoms with E-state index < -0.39 is 12.1 Å². The van der Waals surface area contributed by atoms with Crippen molar-refractivity contribution in [3.63, 3.8) is 0 Å². The van der Waals surface area contributed by atoms with Gasteiger partial charge in [-0.1, -0.05) is 36.4 Å². The monoisotopic (exact) mass is 456 g/mol. The molecule has 0 aliphatic carbocycles. The van der Waals surface area contributed by atoms with E-state index in [9.17, 15) is 9.59 Å². The predicted octanol–water partition coefficient (Wildman–Crippen LogP) is 4.14. The lowest BCUT2D eigenvalue weighted by atomic mass is 10.1. The Morgan fingerprint density at radius 3 is 1.44 bits per heavy atom. The van der Waals surface area contributed by atoms with Gasteiger partial charge in [0.05, 0.1) is 24.5 Å². The van der Waals surface area contributed by atoms with Crippen LogP contribution < -0.4 is 0 Å². The fourth-order valence-corrected chi connectivity index (χ4v) is 4.09. The fraction of sp³-hybridized carbons (Fsp3) is 0.231. The molecule has 1 aliphatic heterocycles. The van der Waals surface area contributed by atoms with Crippen LogP contribution in [0.2, 0.25) is 0 Å². The summed E-state index contributed by atoms with van der Waals surface area (Å²) >= 11 is 0. The average Bonchev–Trinajstić information content (AvgIpc) is 3.54. The van der Waals surface area contributed by atoms with Crippen molar-refractivity contribution < 1.29 is 18.4 Å². The minimum Gasteiger partial charge on any atom is -0.444 e. The first-order valence-electron chi connectivity index (χ1n) is 11.1. The zero-order valence-corrected chi connectivity index (χ0v) is 18.9. The van der Waals surface area contributed by atoms with Gasteiger partial charge in [-0.25, -0.2) is 9.97 Å². The molecular formula is C26H24N4O4. The van der Waals surface area contributed by atoms with Crippen molar-refractivity contribution in [2.75, 3.05) is 0 Å². The number of carbonyl (C=O) groups is 2. The van der Waals surface area contributed by atoms with E-state index in [4.69, 9.17) is 8.83 Å². The predicted molar refractivity (Wildman–Crippen MR) is 124 cm³/mol. The van der Waals surface area contributed by atoms with Crippen molar-refractivity contribution >= 4 is 11.8 Å². The largest absolute Gasteiger partial charge is 0.444 e. The third kappa shape index (κ3) is 4.10. The summed E-state index contributed by atoms with van der Waals surface area (Å²) in [6.07, 6.45) is 3.06. The Bertz CT molecular complexity index is 1200. The molecule has 4 aromatic rings. The summed E-state index contributed by atoms with van der Waals surface area (Å²) < 4.78 is 11.2. The van der Waals surface area contributed by atoms with E-state index >= 15 is 0 Å². The van der Waals surface area contributed by atoms with Gasteiger partial charge < -0.3 is 18.6 Å². The number of oxazole rings is 2. The molecule has 0 radical (unpaired) electrons. The molecule has 2 unspecified atom stereocenters. The van der Waals surface area contributed by atoms with Gasteiger partial charge in [0, 0.05) is 11.1 Å². The number of hydrogen-bond acceptors (Lipinski definition) is 6. The molecule has 2 amide bonds. The number of piperazine rings is 1. The lowest BCUT2D eigenvalue weighted by Gasteiger charge is -2.42. The smallest absolute Gasteiger partial charge is 0.246 e. The van der Waals surface area contributed by atoms with E-state index in [0.29, 0.717) is 23.2 Å². The maximum Gasteiger partial charge on any atom is 0.246 e. The van der Waals surface area contributed by atoms with Gasteiger partial charge in [-0.2, -0.15) is 0 Å². The first-order valence-corrected chi connectivity index (χ1v) is 11.1. The maximum absolute atomic E-state index is 13.2. The highest BCUT2D eigenvalue weighted by molar-refractivity contribution is 5.96. The van der Waals surface area contributed by atoms with Crippen molar-refractivity contribution in [1.29, 1.82) is 0 Å². The number of benzene rings is 2. The van der Waals surface area contributed by atoms with Crippen LogP contribution in [0.1, 0.15) is 25.2 Å². The molecule has 1 saturated heterocycles. The standard InChI is InChI=1S/C26H24N4O4/c1-17-25(31)30(14-22-16-34-24(28-22)20-11-7-4-8-12-20)18(2)26(32)29(17)13-21-15-33-23(27-21)19-9-5-3-6-10-19/h3-12,15-18H,13-14H2,1-2H3. The SMILES string of the molecule is CC1C(=O)N(Cc2coc(-c3ccccc3)n2)C(C)C(=O)N1Cc1coc(-c2ccccc2)n1. The van der Waals surface area contributed by atoms with Gasteiger partial charge in [0.25, 0.3) is 0 Å². The van der Waals surface area contributed by atoms with Gasteiger partial charge in [-0.3, -0.25) is 9.59 Å². The molecular weight excluding hydrogens is 432 g/mol. The second-order valence-corrected chi connectivity index (χ2v) is 8.30. The van der Waals surface area contributed by atoms with Crippen LogP contribution in [0.15, 0.2) is 82.0 Å². The normalized spacial score (nSPS) is 18.5. The van der Waals surface area contributed by atoms with Gasteiger partial charge in [-0.05, 0) is 38.1 Å². The number of rotatable bonds is 6. The molecule has 1 fully saturated rings. The Kier molecular flexibility index (Phi) is 5.71. The summed E-state index contributed by atoms with van der Waals surface area (Å²) in [6, 6.07) is 17.8. The van der Waals surface area contributed by atoms with Crippen molar-refractivity contribution in [3.05, 3.63) is 84.6 Å². The van der Waals surface area contributed by atoms with E-state index in [0.717, 1.165) is 11.1 Å². The zero-order valence-electron chi connectivity index (χ0n) is 18.9. The van der Waals surface area contributed by atoms with Crippen LogP contribution in [-0.2, 0) is 22.7 Å². The highest BCUT2D eigenvalue weighted by Crippen LogP contribution is 2.25. The number of hydrogen-bond donors (Lipinski definition) is 0. The summed E-state index contributed by atoms with van der Waals surface area (Å²) in [6.45, 7) is 3.86. The van der Waals surface area contributed by atoms with Crippen LogP contribution in [-0.4, -0.2) is 43.7 Å². The topological polar surface area (TPSA) is 92.7 Å². The molecule has 5 rings (SSSR count). The van der Waals surface area contributed by atoms with Crippen LogP contribution >= 0.6 is 0 Å². The fourth-order valence-electron chi connectivity index (χ4n) is 4.09. The minimum absolute atomic E-state index is 0.150. The summed E-state index contributed by atoms with van der Waals surface area (Å²) in [7, 11) is 0. The van der Waals surface area contributed by atoms with E-state index in [1.807, 2.05) is 60.7 Å². The molecule has 1 aliphatic rings. The van der Waals surface area contributed by atoms with Crippen molar-refractivity contribution in [2.24, 2.45) is 0 Å². The molecule has 172 valence electrons. The minimum atomic E-state index is -0.638. The summed E-state index contributed by atoms with van der Waals surface area (Å²) in [5.74, 6) is 0.661. The van der Waals surface area contributed by atoms with Crippen LogP contribution in [0.25, 0.3) is 22.9 Å². The third-order valence-corrected chi connectivity index (χ3v) is 6.03. The highest BCUT2D eigenvalue weighted by atomic mass is 16.3. The van der Waals surface area contributed by atoms with Gasteiger partial charge in [-0.15, -0.1) is 0 Å². The Balaban J connectivity index is 1.30. The molecule has 2 atom stereocenters. The number of carbonyl (C=O) groups excluding carboxylic acids is 2. The molecule has 2 aromatic heterocycles. The molecule has 0 saturated carbocycles. The number of amides is 2. The van der Waals surface area contributed by atoms with E-state index in [2.05, 4.69) is 9.97 Å². The lowest BCUT2D eigenvalue weighted by molar-refractivity contribution is -0.161. The lowest BCUT2D eigenvalue weighted by Crippen LogP contribution is -2.62. The first-order chi connectivity index (χ1) is 16.5. The average molecular weight is 457 g/mol. The molecule has 0 bridgehead atoms. The first kappa shape index (κ1) is 21.6. The Morgan fingerprint density at radius 2 is 1.06 bits per heavy atom. The van der Waals surface area contributed by atoms with Crippen LogP contribution in [0.3, 0.4) is 0 Å². The maximum atomic E-state index is 13.2. The quantitative estimate of drug-likeness (QED) is 0.433. The molecule has 3 heterocycles. The molecule has 2 aromatic carbocycles. The van der Waals surface area contributed by atoms with Gasteiger partial charge in [0.15, 0.2) is 0 Å². The van der Waals surface area contributed by atoms with Crippen molar-refractivity contribution in [3.8, 4) is 22.9 Å². The van der Waals surface area contributed by atoms with Gasteiger partial charge in [0.1, 0.15) is 24.6 Å². The van der Waals surface area contributed by atoms with Crippen LogP contribution in [0.4, 0.5) is 0 Å². The van der Waals surface area contributed by atoms with Crippen molar-refractivity contribution in [2.45, 2.75) is 39.0 Å². The van der Waals surface area contributed by atoms with E-state index in [-0.39, 0.29) is 24.9 Å². The van der Waals surface area contributed by atoms with E-state index in [1.165, 1.54) is 12.5 Å². The molecule has 0 N–H and O–H groups in total. The molecule has 8 nitrogen and oxygen atoms in total.